The van der Waals surface area contributed by atoms with E-state index in [1.807, 2.05) is 6.07 Å². The molecule has 0 aliphatic carbocycles. The predicted octanol–water partition coefficient (Wildman–Crippen LogP) is 1.22. The predicted molar refractivity (Wildman–Crippen MR) is 65.7 cm³/mol. The molecule has 0 radical (unpaired) electrons. The van der Waals surface area contributed by atoms with E-state index in [0.29, 0.717) is 17.5 Å². The normalized spacial score (nSPS) is 10.9. The smallest absolute Gasteiger partial charge is 0.384 e. The van der Waals surface area contributed by atoms with E-state index in [0.717, 1.165) is 10.6 Å². The summed E-state index contributed by atoms with van der Waals surface area (Å²) in [7, 11) is 1.64. The maximum Gasteiger partial charge on any atom is 0.419 e. The lowest BCUT2D eigenvalue weighted by Gasteiger charge is -2.02. The Balaban J connectivity index is 2.37. The van der Waals surface area contributed by atoms with Crippen molar-refractivity contribution in [2.24, 2.45) is 0 Å². The van der Waals surface area contributed by atoms with E-state index < -0.39 is 11.4 Å². The molecule has 0 saturated heterocycles. The molecule has 2 aromatic rings. The molecule has 0 amide bonds. The van der Waals surface area contributed by atoms with Gasteiger partial charge >= 0.3 is 11.4 Å². The van der Waals surface area contributed by atoms with Crippen LogP contribution < -0.4 is 11.4 Å². The fraction of sp³-hybridized carbons (Fsp3) is 0.273. The molecule has 0 saturated carbocycles. The maximum absolute atomic E-state index is 11.5. The van der Waals surface area contributed by atoms with Gasteiger partial charge in [-0.3, -0.25) is 4.98 Å². The summed E-state index contributed by atoms with van der Waals surface area (Å²) in [6.45, 7) is 0.642. The summed E-state index contributed by atoms with van der Waals surface area (Å²) in [4.78, 5) is 25.8. The quantitative estimate of drug-likeness (QED) is 0.655. The van der Waals surface area contributed by atoms with E-state index in [9.17, 15) is 9.59 Å². The highest BCUT2D eigenvalue weighted by atomic mass is 32.2. The summed E-state index contributed by atoms with van der Waals surface area (Å²) < 4.78 is 9.41. The van der Waals surface area contributed by atoms with Crippen LogP contribution in [0.4, 0.5) is 0 Å². The van der Waals surface area contributed by atoms with E-state index in [4.69, 9.17) is 4.74 Å². The van der Waals surface area contributed by atoms with Gasteiger partial charge in [-0.05, 0) is 18.2 Å². The molecule has 0 aliphatic rings. The number of fused-ring (bicyclic) bond motifs is 1. The summed E-state index contributed by atoms with van der Waals surface area (Å²) in [5, 5.41) is 0.381. The third-order valence-corrected chi connectivity index (χ3v) is 3.15. The molecule has 1 aromatic carbocycles. The second-order valence-electron chi connectivity index (χ2n) is 3.35. The fourth-order valence-corrected chi connectivity index (χ4v) is 2.26. The molecule has 5 nitrogen and oxygen atoms in total. The number of benzene rings is 1. The van der Waals surface area contributed by atoms with Crippen LogP contribution in [0.15, 0.2) is 37.1 Å². The Labute approximate surface area is 101 Å². The van der Waals surface area contributed by atoms with Gasteiger partial charge in [0.15, 0.2) is 0 Å². The molecule has 1 heterocycles. The zero-order chi connectivity index (χ0) is 12.3. The number of hydrogen-bond donors (Lipinski definition) is 1. The molecular weight excluding hydrogens is 242 g/mol. The van der Waals surface area contributed by atoms with Crippen molar-refractivity contribution in [3.05, 3.63) is 39.2 Å². The molecule has 0 fully saturated rings. The molecule has 0 bridgehead atoms. The number of hydrogen-bond acceptors (Lipinski definition) is 5. The monoisotopic (exact) mass is 253 g/mol. The topological polar surface area (TPSA) is 72.3 Å². The van der Waals surface area contributed by atoms with Crippen molar-refractivity contribution >= 4 is 22.7 Å². The zero-order valence-electron chi connectivity index (χ0n) is 9.19. The Kier molecular flexibility index (Phi) is 3.65. The summed E-state index contributed by atoms with van der Waals surface area (Å²) >= 11 is 1.58. The molecule has 1 N–H and O–H groups in total. The molecule has 0 spiro atoms. The van der Waals surface area contributed by atoms with Crippen LogP contribution in [0, 0.1) is 0 Å². The van der Waals surface area contributed by atoms with E-state index in [-0.39, 0.29) is 0 Å². The molecular formula is C11H11NO4S. The first-order valence-corrected chi connectivity index (χ1v) is 5.98. The number of H-pyrrole nitrogens is 1. The van der Waals surface area contributed by atoms with Gasteiger partial charge in [0.1, 0.15) is 0 Å². The molecule has 90 valence electrons. The lowest BCUT2D eigenvalue weighted by molar-refractivity contribution is 0.218. The minimum Gasteiger partial charge on any atom is -0.384 e. The minimum absolute atomic E-state index is 0.381. The second-order valence-corrected chi connectivity index (χ2v) is 4.52. The van der Waals surface area contributed by atoms with Crippen molar-refractivity contribution in [2.75, 3.05) is 19.5 Å². The number of aromatic nitrogens is 1. The Morgan fingerprint density at radius 2 is 2.24 bits per heavy atom. The van der Waals surface area contributed by atoms with Crippen LogP contribution in [-0.4, -0.2) is 24.5 Å². The largest absolute Gasteiger partial charge is 0.419 e. The molecule has 1 aromatic heterocycles. The molecule has 0 unspecified atom stereocenters. The number of methoxy groups -OCH3 is 1. The summed E-state index contributed by atoms with van der Waals surface area (Å²) in [6, 6.07) is 5.25. The molecule has 0 atom stereocenters. The van der Waals surface area contributed by atoms with Gasteiger partial charge in [0, 0.05) is 17.8 Å². The van der Waals surface area contributed by atoms with Crippen LogP contribution in [0.2, 0.25) is 0 Å². The number of aromatic amines is 1. The van der Waals surface area contributed by atoms with Crippen molar-refractivity contribution in [2.45, 2.75) is 4.90 Å². The van der Waals surface area contributed by atoms with Crippen LogP contribution in [0.25, 0.3) is 10.9 Å². The van der Waals surface area contributed by atoms with Gasteiger partial charge in [-0.15, -0.1) is 11.8 Å². The molecule has 17 heavy (non-hydrogen) atoms. The second kappa shape index (κ2) is 5.20. The van der Waals surface area contributed by atoms with Gasteiger partial charge in [-0.2, -0.15) is 0 Å². The highest BCUT2D eigenvalue weighted by Crippen LogP contribution is 2.20. The van der Waals surface area contributed by atoms with Gasteiger partial charge in [0.2, 0.25) is 0 Å². The Bertz CT molecular complexity index is 631. The van der Waals surface area contributed by atoms with Crippen LogP contribution in [0.5, 0.6) is 0 Å². The number of ether oxygens (including phenoxy) is 1. The number of rotatable bonds is 4. The highest BCUT2D eigenvalue weighted by molar-refractivity contribution is 7.99. The van der Waals surface area contributed by atoms with Gasteiger partial charge in [0.25, 0.3) is 0 Å². The van der Waals surface area contributed by atoms with Crippen LogP contribution >= 0.6 is 11.8 Å². The van der Waals surface area contributed by atoms with Crippen molar-refractivity contribution in [1.82, 2.24) is 4.98 Å². The maximum atomic E-state index is 11.5. The third kappa shape index (κ3) is 2.78. The SMILES string of the molecule is COCCSc1ccc2[nH]c(=O)oc(=O)c2c1. The Hall–Kier alpha value is -1.53. The highest BCUT2D eigenvalue weighted by Gasteiger charge is 2.04. The summed E-state index contributed by atoms with van der Waals surface area (Å²) in [5.74, 6) is 0.0683. The average molecular weight is 253 g/mol. The first-order chi connectivity index (χ1) is 8.20. The van der Waals surface area contributed by atoms with E-state index in [1.54, 1.807) is 31.0 Å². The van der Waals surface area contributed by atoms with E-state index >= 15 is 0 Å². The van der Waals surface area contributed by atoms with Gasteiger partial charge in [0.05, 0.1) is 17.5 Å². The summed E-state index contributed by atoms with van der Waals surface area (Å²) in [6.07, 6.45) is 0. The van der Waals surface area contributed by atoms with Crippen molar-refractivity contribution < 1.29 is 9.15 Å². The fourth-order valence-electron chi connectivity index (χ4n) is 1.41. The first kappa shape index (κ1) is 11.9. The standard InChI is InChI=1S/C11H11NO4S/c1-15-4-5-17-7-2-3-9-8(6-7)10(13)16-11(14)12-9/h2-3,6H,4-5H2,1H3,(H,12,14). The zero-order valence-corrected chi connectivity index (χ0v) is 10.0. The third-order valence-electron chi connectivity index (χ3n) is 2.19. The van der Waals surface area contributed by atoms with Gasteiger partial charge in [-0.1, -0.05) is 0 Å². The summed E-state index contributed by atoms with van der Waals surface area (Å²) in [5.41, 5.74) is -0.125. The van der Waals surface area contributed by atoms with Crippen molar-refractivity contribution in [1.29, 1.82) is 0 Å². The first-order valence-electron chi connectivity index (χ1n) is 4.99. The number of thioether (sulfide) groups is 1. The van der Waals surface area contributed by atoms with Crippen LogP contribution in [0.1, 0.15) is 0 Å². The number of nitrogens with one attached hydrogen (secondary N) is 1. The van der Waals surface area contributed by atoms with Crippen LogP contribution in [-0.2, 0) is 4.74 Å². The Morgan fingerprint density at radius 3 is 3.00 bits per heavy atom. The van der Waals surface area contributed by atoms with Crippen molar-refractivity contribution in [3.63, 3.8) is 0 Å². The van der Waals surface area contributed by atoms with E-state index in [2.05, 4.69) is 9.40 Å². The van der Waals surface area contributed by atoms with E-state index in [1.165, 1.54) is 0 Å². The Morgan fingerprint density at radius 1 is 1.41 bits per heavy atom. The molecule has 0 aliphatic heterocycles. The van der Waals surface area contributed by atoms with Gasteiger partial charge in [-0.25, -0.2) is 9.59 Å². The minimum atomic E-state index is -0.734. The lowest BCUT2D eigenvalue weighted by Crippen LogP contribution is -2.14. The molecule has 6 heteroatoms. The molecule has 2 rings (SSSR count). The van der Waals surface area contributed by atoms with Crippen LogP contribution in [0.3, 0.4) is 0 Å². The lowest BCUT2D eigenvalue weighted by atomic mass is 10.2. The van der Waals surface area contributed by atoms with Crippen molar-refractivity contribution in [3.8, 4) is 0 Å². The average Bonchev–Trinajstić information content (AvgIpc) is 2.30. The van der Waals surface area contributed by atoms with Gasteiger partial charge < -0.3 is 9.15 Å².